The normalized spacial score (nSPS) is 10.7. The fraction of sp³-hybridized carbons (Fsp3) is 0.333. The Kier molecular flexibility index (Phi) is 11.7. The maximum Gasteiger partial charge on any atom is 0.251 e. The van der Waals surface area contributed by atoms with Crippen LogP contribution in [0.5, 0.6) is 5.75 Å². The van der Waals surface area contributed by atoms with E-state index in [2.05, 4.69) is 20.9 Å². The number of guanidine groups is 1. The second-order valence-corrected chi connectivity index (χ2v) is 6.05. The molecule has 0 aromatic heterocycles. The van der Waals surface area contributed by atoms with Crippen molar-refractivity contribution in [3.63, 3.8) is 0 Å². The van der Waals surface area contributed by atoms with Crippen molar-refractivity contribution >= 4 is 41.5 Å². The SMILES string of the molecule is CN=C(NCc1cccc(C(=O)NC)c1)Nc1cccc(OCCCOC)c1.I. The van der Waals surface area contributed by atoms with Crippen LogP contribution in [0.2, 0.25) is 0 Å². The monoisotopic (exact) mass is 512 g/mol. The molecule has 2 aromatic rings. The van der Waals surface area contributed by atoms with E-state index in [1.807, 2.05) is 42.5 Å². The summed E-state index contributed by atoms with van der Waals surface area (Å²) in [5, 5.41) is 9.12. The van der Waals surface area contributed by atoms with Crippen molar-refractivity contribution in [1.29, 1.82) is 0 Å². The van der Waals surface area contributed by atoms with E-state index in [0.29, 0.717) is 31.3 Å². The summed E-state index contributed by atoms with van der Waals surface area (Å²) in [6, 6.07) is 15.2. The van der Waals surface area contributed by atoms with Crippen molar-refractivity contribution in [3.05, 3.63) is 59.7 Å². The number of nitrogens with zero attached hydrogens (tertiary/aromatic N) is 1. The molecule has 0 saturated heterocycles. The third-order valence-electron chi connectivity index (χ3n) is 3.96. The topological polar surface area (TPSA) is 84.0 Å². The Hall–Kier alpha value is -2.33. The lowest BCUT2D eigenvalue weighted by molar-refractivity contribution is 0.0963. The first-order valence-electron chi connectivity index (χ1n) is 9.16. The molecule has 158 valence electrons. The lowest BCUT2D eigenvalue weighted by atomic mass is 10.1. The fourth-order valence-corrected chi connectivity index (χ4v) is 2.53. The Morgan fingerprint density at radius 2 is 1.90 bits per heavy atom. The molecule has 0 aliphatic carbocycles. The van der Waals surface area contributed by atoms with Gasteiger partial charge in [-0.1, -0.05) is 18.2 Å². The van der Waals surface area contributed by atoms with Crippen LogP contribution in [0.15, 0.2) is 53.5 Å². The quantitative estimate of drug-likeness (QED) is 0.208. The lowest BCUT2D eigenvalue weighted by Crippen LogP contribution is -2.30. The van der Waals surface area contributed by atoms with Crippen LogP contribution in [0.4, 0.5) is 5.69 Å². The van der Waals surface area contributed by atoms with E-state index in [-0.39, 0.29) is 29.9 Å². The third kappa shape index (κ3) is 8.70. The number of amides is 1. The number of anilines is 1. The van der Waals surface area contributed by atoms with Crippen molar-refractivity contribution in [3.8, 4) is 5.75 Å². The number of halogens is 1. The lowest BCUT2D eigenvalue weighted by Gasteiger charge is -2.13. The molecule has 0 aliphatic rings. The van der Waals surface area contributed by atoms with Gasteiger partial charge in [-0.25, -0.2) is 0 Å². The summed E-state index contributed by atoms with van der Waals surface area (Å²) in [4.78, 5) is 16.0. The Bertz CT molecular complexity index is 799. The van der Waals surface area contributed by atoms with Gasteiger partial charge in [-0.15, -0.1) is 24.0 Å². The van der Waals surface area contributed by atoms with Crippen LogP contribution in [0.1, 0.15) is 22.3 Å². The van der Waals surface area contributed by atoms with E-state index in [1.165, 1.54) is 0 Å². The summed E-state index contributed by atoms with van der Waals surface area (Å²) < 4.78 is 10.7. The van der Waals surface area contributed by atoms with Gasteiger partial charge in [0.15, 0.2) is 5.96 Å². The second-order valence-electron chi connectivity index (χ2n) is 6.05. The van der Waals surface area contributed by atoms with Crippen molar-refractivity contribution in [2.45, 2.75) is 13.0 Å². The molecule has 0 fully saturated rings. The van der Waals surface area contributed by atoms with E-state index in [4.69, 9.17) is 9.47 Å². The summed E-state index contributed by atoms with van der Waals surface area (Å²) in [7, 11) is 5.01. The van der Waals surface area contributed by atoms with E-state index in [9.17, 15) is 4.79 Å². The Balaban J connectivity index is 0.00000420. The number of carbonyl (C=O) groups excluding carboxylic acids is 1. The minimum absolute atomic E-state index is 0. The Morgan fingerprint density at radius 3 is 2.62 bits per heavy atom. The van der Waals surface area contributed by atoms with Gasteiger partial charge >= 0.3 is 0 Å². The van der Waals surface area contributed by atoms with Gasteiger partial charge in [-0.2, -0.15) is 0 Å². The third-order valence-corrected chi connectivity index (χ3v) is 3.96. The molecule has 3 N–H and O–H groups in total. The number of hydrogen-bond donors (Lipinski definition) is 3. The molecule has 0 aliphatic heterocycles. The van der Waals surface area contributed by atoms with Crippen molar-refractivity contribution in [2.24, 2.45) is 4.99 Å². The molecule has 0 radical (unpaired) electrons. The maximum atomic E-state index is 11.8. The molecule has 2 aromatic carbocycles. The molecule has 0 spiro atoms. The summed E-state index contributed by atoms with van der Waals surface area (Å²) >= 11 is 0. The zero-order valence-electron chi connectivity index (χ0n) is 17.0. The van der Waals surface area contributed by atoms with Gasteiger partial charge in [0, 0.05) is 58.1 Å². The molecule has 8 heteroatoms. The maximum absolute atomic E-state index is 11.8. The van der Waals surface area contributed by atoms with Crippen LogP contribution in [-0.4, -0.2) is 46.3 Å². The highest BCUT2D eigenvalue weighted by atomic mass is 127. The van der Waals surface area contributed by atoms with Crippen molar-refractivity contribution in [2.75, 3.05) is 39.7 Å². The van der Waals surface area contributed by atoms with Crippen LogP contribution in [0.3, 0.4) is 0 Å². The van der Waals surface area contributed by atoms with Crippen molar-refractivity contribution in [1.82, 2.24) is 10.6 Å². The molecule has 2 rings (SSSR count). The first kappa shape index (κ1) is 24.7. The molecule has 7 nitrogen and oxygen atoms in total. The van der Waals surface area contributed by atoms with Gasteiger partial charge in [0.1, 0.15) is 5.75 Å². The Morgan fingerprint density at radius 1 is 1.10 bits per heavy atom. The summed E-state index contributed by atoms with van der Waals surface area (Å²) in [5.74, 6) is 1.31. The number of nitrogens with one attached hydrogen (secondary N) is 3. The minimum Gasteiger partial charge on any atom is -0.493 e. The summed E-state index contributed by atoms with van der Waals surface area (Å²) in [6.07, 6.45) is 0.840. The molecule has 0 atom stereocenters. The van der Waals surface area contributed by atoms with Crippen LogP contribution in [0, 0.1) is 0 Å². The molecule has 0 unspecified atom stereocenters. The number of ether oxygens (including phenoxy) is 2. The highest BCUT2D eigenvalue weighted by Crippen LogP contribution is 2.17. The van der Waals surface area contributed by atoms with Crippen LogP contribution < -0.4 is 20.7 Å². The first-order chi connectivity index (χ1) is 13.7. The average Bonchev–Trinajstić information content (AvgIpc) is 2.74. The summed E-state index contributed by atoms with van der Waals surface area (Å²) in [5.41, 5.74) is 2.48. The van der Waals surface area contributed by atoms with Gasteiger partial charge in [0.2, 0.25) is 0 Å². The number of hydrogen-bond acceptors (Lipinski definition) is 4. The molecule has 0 saturated carbocycles. The van der Waals surface area contributed by atoms with Gasteiger partial charge in [0.05, 0.1) is 6.61 Å². The van der Waals surface area contributed by atoms with Crippen LogP contribution >= 0.6 is 24.0 Å². The molecule has 1 amide bonds. The van der Waals surface area contributed by atoms with Crippen LogP contribution in [0.25, 0.3) is 0 Å². The number of benzene rings is 2. The number of aliphatic imine (C=N–C) groups is 1. The van der Waals surface area contributed by atoms with E-state index < -0.39 is 0 Å². The van der Waals surface area contributed by atoms with Crippen molar-refractivity contribution < 1.29 is 14.3 Å². The number of carbonyl (C=O) groups is 1. The smallest absolute Gasteiger partial charge is 0.251 e. The number of rotatable bonds is 9. The zero-order valence-corrected chi connectivity index (χ0v) is 19.4. The molecule has 29 heavy (non-hydrogen) atoms. The van der Waals surface area contributed by atoms with Gasteiger partial charge in [-0.05, 0) is 29.8 Å². The van der Waals surface area contributed by atoms with E-state index in [1.54, 1.807) is 27.3 Å². The Labute approximate surface area is 189 Å². The van der Waals surface area contributed by atoms with E-state index in [0.717, 1.165) is 23.4 Å². The molecule has 0 heterocycles. The fourth-order valence-electron chi connectivity index (χ4n) is 2.53. The predicted octanol–water partition coefficient (Wildman–Crippen LogP) is 3.27. The highest BCUT2D eigenvalue weighted by molar-refractivity contribution is 14.0. The molecular weight excluding hydrogens is 483 g/mol. The highest BCUT2D eigenvalue weighted by Gasteiger charge is 2.05. The predicted molar refractivity (Wildman–Crippen MR) is 127 cm³/mol. The molecule has 0 bridgehead atoms. The standard InChI is InChI=1S/C21H28N4O3.HI/c1-22-20(26)17-8-4-7-16(13-17)15-24-21(23-2)25-18-9-5-10-19(14-18)28-12-6-11-27-3;/h4-5,7-10,13-14H,6,11-12,15H2,1-3H3,(H,22,26)(H2,23,24,25);1H. The van der Waals surface area contributed by atoms with E-state index >= 15 is 0 Å². The largest absolute Gasteiger partial charge is 0.493 e. The molecular formula is C21H29IN4O3. The second kappa shape index (κ2) is 13.8. The average molecular weight is 512 g/mol. The number of methoxy groups -OCH3 is 1. The first-order valence-corrected chi connectivity index (χ1v) is 9.16. The van der Waals surface area contributed by atoms with Gasteiger partial charge < -0.3 is 25.4 Å². The summed E-state index contributed by atoms with van der Waals surface area (Å²) in [6.45, 7) is 1.82. The van der Waals surface area contributed by atoms with Gasteiger partial charge in [-0.3, -0.25) is 9.79 Å². The zero-order chi connectivity index (χ0) is 20.2. The van der Waals surface area contributed by atoms with Crippen LogP contribution in [-0.2, 0) is 11.3 Å². The van der Waals surface area contributed by atoms with Gasteiger partial charge in [0.25, 0.3) is 5.91 Å². The minimum atomic E-state index is -0.105.